The van der Waals surface area contributed by atoms with E-state index in [1.807, 2.05) is 6.92 Å². The summed E-state index contributed by atoms with van der Waals surface area (Å²) in [6.07, 6.45) is 3.71. The van der Waals surface area contributed by atoms with E-state index in [0.29, 0.717) is 36.9 Å². The summed E-state index contributed by atoms with van der Waals surface area (Å²) in [6.45, 7) is 5.09. The largest absolute Gasteiger partial charge is 0.451 e. The summed E-state index contributed by atoms with van der Waals surface area (Å²) in [7, 11) is -3.59. The van der Waals surface area contributed by atoms with E-state index in [-0.39, 0.29) is 11.0 Å². The van der Waals surface area contributed by atoms with Crippen LogP contribution in [0.5, 0.6) is 0 Å². The van der Waals surface area contributed by atoms with Crippen molar-refractivity contribution in [3.05, 3.63) is 18.2 Å². The topological polar surface area (TPSA) is 89.4 Å². The Morgan fingerprint density at radius 2 is 2.05 bits per heavy atom. The Bertz CT molecular complexity index is 742. The summed E-state index contributed by atoms with van der Waals surface area (Å²) in [5, 5.41) is 7.68. The van der Waals surface area contributed by atoms with Crippen LogP contribution in [0.4, 0.5) is 0 Å². The molecule has 0 bridgehead atoms. The minimum atomic E-state index is -3.59. The Hall–Kier alpha value is -1.67. The monoisotopic (exact) mass is 325 g/mol. The summed E-state index contributed by atoms with van der Waals surface area (Å²) >= 11 is 0. The number of piperidine rings is 1. The molecular formula is C14H19N3O4S. The Labute approximate surface area is 129 Å². The molecule has 0 atom stereocenters. The average molecular weight is 325 g/mol. The van der Waals surface area contributed by atoms with Crippen LogP contribution < -0.4 is 0 Å². The Morgan fingerprint density at radius 1 is 1.32 bits per heavy atom. The van der Waals surface area contributed by atoms with E-state index in [1.54, 1.807) is 0 Å². The molecule has 2 aromatic rings. The van der Waals surface area contributed by atoms with Crippen molar-refractivity contribution in [2.24, 2.45) is 5.92 Å². The molecular weight excluding hydrogens is 306 g/mol. The minimum Gasteiger partial charge on any atom is -0.451 e. The summed E-state index contributed by atoms with van der Waals surface area (Å²) in [5.74, 6) is 1.34. The lowest BCUT2D eigenvalue weighted by molar-refractivity contribution is 0.281. The smallest absolute Gasteiger partial charge is 0.276 e. The highest BCUT2D eigenvalue weighted by molar-refractivity contribution is 7.89. The Balaban J connectivity index is 1.83. The standard InChI is InChI=1S/C14H19N3O4S/c1-3-12-15-16-14(21-12)11-8-13(20-9-11)22(18,19)17-6-4-10(2)5-7-17/h8-10H,3-7H2,1-2H3. The molecule has 1 saturated heterocycles. The maximum absolute atomic E-state index is 12.6. The van der Waals surface area contributed by atoms with E-state index in [1.165, 1.54) is 16.6 Å². The lowest BCUT2D eigenvalue weighted by Gasteiger charge is -2.28. The van der Waals surface area contributed by atoms with Crippen LogP contribution in [-0.2, 0) is 16.4 Å². The predicted molar refractivity (Wildman–Crippen MR) is 78.5 cm³/mol. The minimum absolute atomic E-state index is 0.0756. The molecule has 8 heteroatoms. The molecule has 120 valence electrons. The van der Waals surface area contributed by atoms with E-state index in [0.717, 1.165) is 12.8 Å². The van der Waals surface area contributed by atoms with Gasteiger partial charge in [-0.2, -0.15) is 4.31 Å². The van der Waals surface area contributed by atoms with E-state index in [2.05, 4.69) is 17.1 Å². The third kappa shape index (κ3) is 2.80. The Kier molecular flexibility index (Phi) is 4.05. The van der Waals surface area contributed by atoms with Crippen LogP contribution >= 0.6 is 0 Å². The van der Waals surface area contributed by atoms with Crippen molar-refractivity contribution in [3.8, 4) is 11.5 Å². The first-order valence-corrected chi connectivity index (χ1v) is 8.86. The number of hydrogen-bond acceptors (Lipinski definition) is 6. The molecule has 3 heterocycles. The zero-order chi connectivity index (χ0) is 15.7. The number of aromatic nitrogens is 2. The maximum Gasteiger partial charge on any atom is 0.276 e. The zero-order valence-corrected chi connectivity index (χ0v) is 13.5. The van der Waals surface area contributed by atoms with Gasteiger partial charge < -0.3 is 8.83 Å². The first-order valence-electron chi connectivity index (χ1n) is 7.42. The highest BCUT2D eigenvalue weighted by Crippen LogP contribution is 2.28. The molecule has 0 radical (unpaired) electrons. The molecule has 22 heavy (non-hydrogen) atoms. The lowest BCUT2D eigenvalue weighted by Crippen LogP contribution is -2.37. The van der Waals surface area contributed by atoms with Gasteiger partial charge in [-0.05, 0) is 18.8 Å². The van der Waals surface area contributed by atoms with Crippen molar-refractivity contribution in [2.45, 2.75) is 38.2 Å². The van der Waals surface area contributed by atoms with Gasteiger partial charge in [0, 0.05) is 25.6 Å². The fourth-order valence-electron chi connectivity index (χ4n) is 2.43. The molecule has 0 aromatic carbocycles. The van der Waals surface area contributed by atoms with Gasteiger partial charge in [0.1, 0.15) is 6.26 Å². The van der Waals surface area contributed by atoms with Crippen LogP contribution in [0.25, 0.3) is 11.5 Å². The molecule has 7 nitrogen and oxygen atoms in total. The van der Waals surface area contributed by atoms with Crippen LogP contribution in [0.1, 0.15) is 32.6 Å². The third-order valence-corrected chi connectivity index (χ3v) is 5.70. The first kappa shape index (κ1) is 15.2. The molecule has 3 rings (SSSR count). The van der Waals surface area contributed by atoms with Gasteiger partial charge in [-0.1, -0.05) is 13.8 Å². The van der Waals surface area contributed by atoms with Gasteiger partial charge in [0.2, 0.25) is 11.0 Å². The summed E-state index contributed by atoms with van der Waals surface area (Å²) in [6, 6.07) is 1.44. The highest BCUT2D eigenvalue weighted by Gasteiger charge is 2.31. The second-order valence-corrected chi connectivity index (χ2v) is 7.46. The van der Waals surface area contributed by atoms with Gasteiger partial charge in [-0.25, -0.2) is 8.42 Å². The highest BCUT2D eigenvalue weighted by atomic mass is 32.2. The Morgan fingerprint density at radius 3 is 2.68 bits per heavy atom. The SMILES string of the molecule is CCc1nnc(-c2coc(S(=O)(=O)N3CCC(C)CC3)c2)o1. The maximum atomic E-state index is 12.6. The van der Waals surface area contributed by atoms with Gasteiger partial charge in [0.25, 0.3) is 15.9 Å². The second-order valence-electron chi connectivity index (χ2n) is 5.60. The van der Waals surface area contributed by atoms with Crippen LogP contribution in [0.15, 0.2) is 26.3 Å². The van der Waals surface area contributed by atoms with E-state index >= 15 is 0 Å². The third-order valence-electron chi connectivity index (χ3n) is 3.93. The van der Waals surface area contributed by atoms with Crippen molar-refractivity contribution >= 4 is 10.0 Å². The second kappa shape index (κ2) is 5.85. The first-order chi connectivity index (χ1) is 10.5. The molecule has 0 saturated carbocycles. The van der Waals surface area contributed by atoms with Crippen molar-refractivity contribution in [2.75, 3.05) is 13.1 Å². The normalized spacial score (nSPS) is 17.9. The van der Waals surface area contributed by atoms with Gasteiger partial charge in [-0.3, -0.25) is 0 Å². The summed E-state index contributed by atoms with van der Waals surface area (Å²) in [5.41, 5.74) is 0.483. The number of hydrogen-bond donors (Lipinski definition) is 0. The number of nitrogens with zero attached hydrogens (tertiary/aromatic N) is 3. The van der Waals surface area contributed by atoms with Gasteiger partial charge in [0.15, 0.2) is 0 Å². The van der Waals surface area contributed by atoms with Crippen LogP contribution in [0, 0.1) is 5.92 Å². The number of aryl methyl sites for hydroxylation is 1. The molecule has 1 aliphatic heterocycles. The molecule has 0 spiro atoms. The number of furan rings is 1. The van der Waals surface area contributed by atoms with Crippen molar-refractivity contribution in [1.29, 1.82) is 0 Å². The zero-order valence-electron chi connectivity index (χ0n) is 12.7. The number of sulfonamides is 1. The summed E-state index contributed by atoms with van der Waals surface area (Å²) in [4.78, 5) is 0. The van der Waals surface area contributed by atoms with E-state index < -0.39 is 10.0 Å². The molecule has 2 aromatic heterocycles. The lowest BCUT2D eigenvalue weighted by atomic mass is 10.0. The molecule has 0 unspecified atom stereocenters. The van der Waals surface area contributed by atoms with Crippen LogP contribution in [0.3, 0.4) is 0 Å². The van der Waals surface area contributed by atoms with Gasteiger partial charge in [-0.15, -0.1) is 10.2 Å². The molecule has 0 aliphatic carbocycles. The molecule has 0 amide bonds. The van der Waals surface area contributed by atoms with Crippen molar-refractivity contribution < 1.29 is 17.3 Å². The van der Waals surface area contributed by atoms with E-state index in [9.17, 15) is 8.42 Å². The molecule has 1 fully saturated rings. The van der Waals surface area contributed by atoms with Gasteiger partial charge in [0.05, 0.1) is 5.56 Å². The fourth-order valence-corrected chi connectivity index (χ4v) is 3.82. The van der Waals surface area contributed by atoms with Crippen molar-refractivity contribution in [1.82, 2.24) is 14.5 Å². The van der Waals surface area contributed by atoms with Crippen LogP contribution in [0.2, 0.25) is 0 Å². The predicted octanol–water partition coefficient (Wildman–Crippen LogP) is 2.31. The summed E-state index contributed by atoms with van der Waals surface area (Å²) < 4.78 is 37.3. The molecule has 0 N–H and O–H groups in total. The fraction of sp³-hybridized carbons (Fsp3) is 0.571. The number of rotatable bonds is 4. The van der Waals surface area contributed by atoms with Gasteiger partial charge >= 0.3 is 0 Å². The molecule has 1 aliphatic rings. The quantitative estimate of drug-likeness (QED) is 0.857. The van der Waals surface area contributed by atoms with E-state index in [4.69, 9.17) is 8.83 Å². The average Bonchev–Trinajstić information content (AvgIpc) is 3.16. The van der Waals surface area contributed by atoms with Crippen molar-refractivity contribution in [3.63, 3.8) is 0 Å². The van der Waals surface area contributed by atoms with Crippen LogP contribution in [-0.4, -0.2) is 36.0 Å².